The van der Waals surface area contributed by atoms with Crippen LogP contribution < -0.4 is 15.4 Å². The van der Waals surface area contributed by atoms with E-state index in [0.717, 1.165) is 30.7 Å². The molecule has 2 aliphatic rings. The Balaban J connectivity index is 0.00000176. The number of hydrogen-bond donors (Lipinski definition) is 3. The molecule has 1 heterocycles. The number of aliphatic hydroxyl groups excluding tert-OH is 1. The van der Waals surface area contributed by atoms with Gasteiger partial charge < -0.3 is 20.5 Å². The molecule has 6 heteroatoms. The van der Waals surface area contributed by atoms with E-state index in [-0.39, 0.29) is 30.3 Å². The fourth-order valence-corrected chi connectivity index (χ4v) is 3.10. The summed E-state index contributed by atoms with van der Waals surface area (Å²) in [5.74, 6) is 0.918. The zero-order chi connectivity index (χ0) is 14.9. The highest BCUT2D eigenvalue weighted by atomic mass is 35.5. The van der Waals surface area contributed by atoms with Crippen molar-refractivity contribution in [1.29, 1.82) is 0 Å². The molecule has 3 rings (SSSR count). The van der Waals surface area contributed by atoms with Gasteiger partial charge in [-0.15, -0.1) is 12.4 Å². The molecule has 1 aliphatic carbocycles. The van der Waals surface area contributed by atoms with Crippen molar-refractivity contribution in [3.05, 3.63) is 29.8 Å². The van der Waals surface area contributed by atoms with Gasteiger partial charge in [-0.1, -0.05) is 18.2 Å². The number of para-hydroxylation sites is 1. The maximum absolute atomic E-state index is 12.6. The van der Waals surface area contributed by atoms with Gasteiger partial charge in [-0.05, 0) is 18.9 Å². The van der Waals surface area contributed by atoms with Crippen molar-refractivity contribution in [1.82, 2.24) is 10.6 Å². The van der Waals surface area contributed by atoms with Crippen LogP contribution in [0.1, 0.15) is 18.4 Å². The van der Waals surface area contributed by atoms with Gasteiger partial charge in [-0.2, -0.15) is 0 Å². The van der Waals surface area contributed by atoms with Gasteiger partial charge >= 0.3 is 0 Å². The highest BCUT2D eigenvalue weighted by Crippen LogP contribution is 2.51. The minimum absolute atomic E-state index is 0. The first-order chi connectivity index (χ1) is 10.2. The number of ether oxygens (including phenoxy) is 1. The molecule has 122 valence electrons. The fourth-order valence-electron chi connectivity index (χ4n) is 3.10. The summed E-state index contributed by atoms with van der Waals surface area (Å²) < 4.78 is 5.39. The van der Waals surface area contributed by atoms with E-state index in [1.54, 1.807) is 7.11 Å². The van der Waals surface area contributed by atoms with Gasteiger partial charge in [0.1, 0.15) is 5.75 Å². The van der Waals surface area contributed by atoms with Crippen molar-refractivity contribution in [3.63, 3.8) is 0 Å². The van der Waals surface area contributed by atoms with Crippen LogP contribution in [0, 0.1) is 5.92 Å². The lowest BCUT2D eigenvalue weighted by atomic mass is 9.93. The Morgan fingerprint density at radius 2 is 2.14 bits per heavy atom. The van der Waals surface area contributed by atoms with E-state index in [9.17, 15) is 9.90 Å². The number of methoxy groups -OCH3 is 1. The third kappa shape index (κ3) is 3.07. The molecule has 1 aromatic rings. The molecular formula is C16H23ClN2O3. The summed E-state index contributed by atoms with van der Waals surface area (Å²) in [4.78, 5) is 12.6. The topological polar surface area (TPSA) is 70.6 Å². The molecule has 5 nitrogen and oxygen atoms in total. The number of halogens is 1. The Morgan fingerprint density at radius 3 is 2.73 bits per heavy atom. The number of carbonyl (C=O) groups is 1. The standard InChI is InChI=1S/C16H22N2O3.ClH/c1-21-14-5-3-2-4-12(14)16(6-7-16)15(20)18-9-11-8-17-10-13(11)19;/h2-5,11,13,17,19H,6-10H2,1H3,(H,18,20);1H. The number of β-amino-alcohol motifs (C(OH)–C–C–N with tert-alkyl or cyclic N) is 1. The average molecular weight is 327 g/mol. The van der Waals surface area contributed by atoms with E-state index in [2.05, 4.69) is 10.6 Å². The van der Waals surface area contributed by atoms with Crippen LogP contribution in [0.4, 0.5) is 0 Å². The first-order valence-corrected chi connectivity index (χ1v) is 7.48. The lowest BCUT2D eigenvalue weighted by Crippen LogP contribution is -2.40. The van der Waals surface area contributed by atoms with Crippen molar-refractivity contribution >= 4 is 18.3 Å². The first-order valence-electron chi connectivity index (χ1n) is 7.48. The summed E-state index contributed by atoms with van der Waals surface area (Å²) in [6, 6.07) is 7.72. The molecule has 1 aliphatic heterocycles. The lowest BCUT2D eigenvalue weighted by Gasteiger charge is -2.20. The maximum atomic E-state index is 12.6. The summed E-state index contributed by atoms with van der Waals surface area (Å²) in [6.45, 7) is 1.88. The molecule has 1 amide bonds. The molecule has 2 fully saturated rings. The smallest absolute Gasteiger partial charge is 0.230 e. The summed E-state index contributed by atoms with van der Waals surface area (Å²) in [5, 5.41) is 15.9. The Labute approximate surface area is 136 Å². The van der Waals surface area contributed by atoms with Gasteiger partial charge in [0.05, 0.1) is 18.6 Å². The Morgan fingerprint density at radius 1 is 1.41 bits per heavy atom. The summed E-state index contributed by atoms with van der Waals surface area (Å²) in [7, 11) is 1.63. The summed E-state index contributed by atoms with van der Waals surface area (Å²) in [5.41, 5.74) is 0.527. The average Bonchev–Trinajstić information content (AvgIpc) is 3.22. The van der Waals surface area contributed by atoms with E-state index in [1.165, 1.54) is 0 Å². The molecule has 3 N–H and O–H groups in total. The van der Waals surface area contributed by atoms with Crippen molar-refractivity contribution in [2.45, 2.75) is 24.4 Å². The largest absolute Gasteiger partial charge is 0.496 e. The molecule has 2 unspecified atom stereocenters. The van der Waals surface area contributed by atoms with Crippen molar-refractivity contribution in [2.75, 3.05) is 26.7 Å². The van der Waals surface area contributed by atoms with Crippen LogP contribution in [-0.2, 0) is 10.2 Å². The lowest BCUT2D eigenvalue weighted by molar-refractivity contribution is -0.123. The van der Waals surface area contributed by atoms with E-state index < -0.39 is 5.41 Å². The zero-order valence-corrected chi connectivity index (χ0v) is 13.5. The number of nitrogens with one attached hydrogen (secondary N) is 2. The van der Waals surface area contributed by atoms with E-state index in [4.69, 9.17) is 4.74 Å². The van der Waals surface area contributed by atoms with Crippen LogP contribution in [-0.4, -0.2) is 43.9 Å². The minimum Gasteiger partial charge on any atom is -0.496 e. The number of benzene rings is 1. The second-order valence-corrected chi connectivity index (χ2v) is 5.98. The molecule has 1 saturated heterocycles. The van der Waals surface area contributed by atoms with Crippen LogP contribution in [0.2, 0.25) is 0 Å². The summed E-state index contributed by atoms with van der Waals surface area (Å²) in [6.07, 6.45) is 1.33. The highest BCUT2D eigenvalue weighted by Gasteiger charge is 2.52. The van der Waals surface area contributed by atoms with Crippen LogP contribution in [0.25, 0.3) is 0 Å². The number of carbonyl (C=O) groups excluding carboxylic acids is 1. The van der Waals surface area contributed by atoms with Gasteiger partial charge in [-0.3, -0.25) is 4.79 Å². The van der Waals surface area contributed by atoms with Crippen LogP contribution in [0.5, 0.6) is 5.75 Å². The first kappa shape index (κ1) is 17.1. The van der Waals surface area contributed by atoms with Gasteiger partial charge in [0.2, 0.25) is 5.91 Å². The summed E-state index contributed by atoms with van der Waals surface area (Å²) >= 11 is 0. The fraction of sp³-hybridized carbons (Fsp3) is 0.562. The molecule has 1 aromatic carbocycles. The second kappa shape index (κ2) is 6.86. The van der Waals surface area contributed by atoms with Crippen molar-refractivity contribution in [3.8, 4) is 5.75 Å². The van der Waals surface area contributed by atoms with Gasteiger partial charge in [0.25, 0.3) is 0 Å². The zero-order valence-electron chi connectivity index (χ0n) is 12.7. The molecule has 22 heavy (non-hydrogen) atoms. The number of aliphatic hydroxyl groups is 1. The number of amides is 1. The van der Waals surface area contributed by atoms with Crippen molar-refractivity contribution in [2.24, 2.45) is 5.92 Å². The van der Waals surface area contributed by atoms with Crippen LogP contribution in [0.15, 0.2) is 24.3 Å². The minimum atomic E-state index is -0.441. The molecule has 0 radical (unpaired) electrons. The quantitative estimate of drug-likeness (QED) is 0.750. The molecule has 0 bridgehead atoms. The third-order valence-corrected chi connectivity index (χ3v) is 4.64. The normalized spacial score (nSPS) is 25.2. The maximum Gasteiger partial charge on any atom is 0.230 e. The second-order valence-electron chi connectivity index (χ2n) is 5.98. The van der Waals surface area contributed by atoms with Crippen LogP contribution >= 0.6 is 12.4 Å². The Kier molecular flexibility index (Phi) is 5.32. The molecular weight excluding hydrogens is 304 g/mol. The van der Waals surface area contributed by atoms with E-state index in [0.29, 0.717) is 13.1 Å². The predicted molar refractivity (Wildman–Crippen MR) is 86.5 cm³/mol. The highest BCUT2D eigenvalue weighted by molar-refractivity contribution is 5.92. The van der Waals surface area contributed by atoms with Gasteiger partial charge in [-0.25, -0.2) is 0 Å². The van der Waals surface area contributed by atoms with Crippen molar-refractivity contribution < 1.29 is 14.6 Å². The monoisotopic (exact) mass is 326 g/mol. The third-order valence-electron chi connectivity index (χ3n) is 4.64. The molecule has 0 spiro atoms. The van der Waals surface area contributed by atoms with Gasteiger partial charge in [0.15, 0.2) is 0 Å². The van der Waals surface area contributed by atoms with E-state index in [1.807, 2.05) is 24.3 Å². The van der Waals surface area contributed by atoms with Crippen LogP contribution in [0.3, 0.4) is 0 Å². The number of rotatable bonds is 5. The Hall–Kier alpha value is -1.30. The molecule has 0 aromatic heterocycles. The molecule has 2 atom stereocenters. The Bertz CT molecular complexity index is 534. The number of hydrogen-bond acceptors (Lipinski definition) is 4. The molecule has 1 saturated carbocycles. The predicted octanol–water partition coefficient (Wildman–Crippen LogP) is 0.845. The SMILES string of the molecule is COc1ccccc1C1(C(=O)NCC2CNCC2O)CC1.Cl. The van der Waals surface area contributed by atoms with E-state index >= 15 is 0 Å². The van der Waals surface area contributed by atoms with Gasteiger partial charge in [0, 0.05) is 31.1 Å².